The van der Waals surface area contributed by atoms with Crippen molar-refractivity contribution < 1.29 is 17.9 Å². The molecular weight excluding hydrogens is 290 g/mol. The monoisotopic (exact) mass is 313 g/mol. The van der Waals surface area contributed by atoms with Gasteiger partial charge in [-0.25, -0.2) is 8.42 Å². The number of rotatable bonds is 4. The van der Waals surface area contributed by atoms with Crippen LogP contribution in [0.25, 0.3) is 0 Å². The molecule has 1 saturated carbocycles. The summed E-state index contributed by atoms with van der Waals surface area (Å²) in [6.07, 6.45) is 6.03. The molecule has 1 aliphatic carbocycles. The molecule has 0 heterocycles. The first-order valence-corrected chi connectivity index (χ1v) is 8.96. The summed E-state index contributed by atoms with van der Waals surface area (Å²) < 4.78 is 34.7. The highest BCUT2D eigenvalue weighted by atomic mass is 32.2. The number of nitrogens with two attached hydrogens (primary N) is 1. The number of sulfone groups is 1. The molecule has 5 nitrogen and oxygen atoms in total. The Hall–Kier alpha value is -1.27. The van der Waals surface area contributed by atoms with Crippen molar-refractivity contribution in [1.82, 2.24) is 0 Å². The fourth-order valence-corrected chi connectivity index (χ4v) is 3.86. The molecular formula is C15H23NO4S. The average molecular weight is 313 g/mol. The maximum absolute atomic E-state index is 12.0. The van der Waals surface area contributed by atoms with Gasteiger partial charge in [0.05, 0.1) is 14.2 Å². The van der Waals surface area contributed by atoms with Crippen molar-refractivity contribution in [3.8, 4) is 11.5 Å². The second kappa shape index (κ2) is 5.85. The normalized spacial score (nSPS) is 18.3. The molecule has 0 atom stereocenters. The average Bonchev–Trinajstić information content (AvgIpc) is 2.45. The Morgan fingerprint density at radius 1 is 1.10 bits per heavy atom. The van der Waals surface area contributed by atoms with Crippen LogP contribution >= 0.6 is 0 Å². The molecule has 1 aromatic carbocycles. The summed E-state index contributed by atoms with van der Waals surface area (Å²) in [7, 11) is -0.433. The Morgan fingerprint density at radius 3 is 2.19 bits per heavy atom. The van der Waals surface area contributed by atoms with E-state index >= 15 is 0 Å². The molecule has 6 heteroatoms. The van der Waals surface area contributed by atoms with E-state index in [0.717, 1.165) is 43.9 Å². The van der Waals surface area contributed by atoms with Crippen LogP contribution in [-0.2, 0) is 15.4 Å². The lowest BCUT2D eigenvalue weighted by Crippen LogP contribution is -2.39. The number of ether oxygens (including phenoxy) is 2. The SMILES string of the molecule is COc1cc(C2(N)CCCCC2)c(OC)c(S(C)(=O)=O)c1. The maximum atomic E-state index is 12.0. The van der Waals surface area contributed by atoms with Crippen molar-refractivity contribution in [3.05, 3.63) is 17.7 Å². The number of methoxy groups -OCH3 is 2. The Kier molecular flexibility index (Phi) is 4.49. The van der Waals surface area contributed by atoms with Gasteiger partial charge in [-0.2, -0.15) is 0 Å². The Bertz CT molecular complexity index is 619. The van der Waals surface area contributed by atoms with Crippen LogP contribution in [0, 0.1) is 0 Å². The lowest BCUT2D eigenvalue weighted by molar-refractivity contribution is 0.284. The van der Waals surface area contributed by atoms with E-state index in [1.54, 1.807) is 6.07 Å². The van der Waals surface area contributed by atoms with Gasteiger partial charge in [0.25, 0.3) is 0 Å². The van der Waals surface area contributed by atoms with Crippen molar-refractivity contribution in [3.63, 3.8) is 0 Å². The lowest BCUT2D eigenvalue weighted by atomic mass is 9.77. The summed E-state index contributed by atoms with van der Waals surface area (Å²) in [5, 5.41) is 0. The van der Waals surface area contributed by atoms with Crippen molar-refractivity contribution in [2.75, 3.05) is 20.5 Å². The molecule has 0 saturated heterocycles. The molecule has 0 radical (unpaired) electrons. The molecule has 2 N–H and O–H groups in total. The van der Waals surface area contributed by atoms with Crippen molar-refractivity contribution in [2.24, 2.45) is 5.73 Å². The molecule has 0 amide bonds. The molecule has 1 aromatic rings. The lowest BCUT2D eigenvalue weighted by Gasteiger charge is -2.35. The van der Waals surface area contributed by atoms with Gasteiger partial charge in [-0.3, -0.25) is 0 Å². The van der Waals surface area contributed by atoms with E-state index in [4.69, 9.17) is 15.2 Å². The second-order valence-corrected chi connectivity index (χ2v) is 7.68. The van der Waals surface area contributed by atoms with Crippen LogP contribution < -0.4 is 15.2 Å². The van der Waals surface area contributed by atoms with E-state index in [1.807, 2.05) is 0 Å². The first-order chi connectivity index (χ1) is 9.81. The summed E-state index contributed by atoms with van der Waals surface area (Å²) in [4.78, 5) is 0.134. The van der Waals surface area contributed by atoms with Gasteiger partial charge in [0, 0.05) is 23.4 Å². The zero-order valence-electron chi connectivity index (χ0n) is 12.8. The standard InChI is InChI=1S/C15H23NO4S/c1-19-11-9-12(15(16)7-5-4-6-8-15)14(20-2)13(10-11)21(3,17)18/h9-10H,4-8,16H2,1-3H3. The van der Waals surface area contributed by atoms with Crippen LogP contribution in [-0.4, -0.2) is 28.9 Å². The van der Waals surface area contributed by atoms with Crippen molar-refractivity contribution in [2.45, 2.75) is 42.5 Å². The molecule has 2 rings (SSSR count). The van der Waals surface area contributed by atoms with Crippen molar-refractivity contribution in [1.29, 1.82) is 0 Å². The molecule has 0 unspecified atom stereocenters. The van der Waals surface area contributed by atoms with Gasteiger partial charge >= 0.3 is 0 Å². The summed E-state index contributed by atoms with van der Waals surface area (Å²) in [6.45, 7) is 0. The van der Waals surface area contributed by atoms with Gasteiger partial charge < -0.3 is 15.2 Å². The van der Waals surface area contributed by atoms with Crippen LogP contribution in [0.3, 0.4) is 0 Å². The smallest absolute Gasteiger partial charge is 0.179 e. The van der Waals surface area contributed by atoms with Crippen LogP contribution in [0.15, 0.2) is 17.0 Å². The molecule has 21 heavy (non-hydrogen) atoms. The summed E-state index contributed by atoms with van der Waals surface area (Å²) in [6, 6.07) is 3.29. The van der Waals surface area contributed by atoms with Gasteiger partial charge in [0.15, 0.2) is 9.84 Å². The van der Waals surface area contributed by atoms with Crippen molar-refractivity contribution >= 4 is 9.84 Å². The van der Waals surface area contributed by atoms with E-state index in [1.165, 1.54) is 20.3 Å². The predicted molar refractivity (Wildman–Crippen MR) is 81.6 cm³/mol. The molecule has 0 aromatic heterocycles. The Morgan fingerprint density at radius 2 is 1.71 bits per heavy atom. The minimum Gasteiger partial charge on any atom is -0.497 e. The largest absolute Gasteiger partial charge is 0.497 e. The molecule has 1 fully saturated rings. The third-order valence-electron chi connectivity index (χ3n) is 4.15. The minimum atomic E-state index is -3.43. The quantitative estimate of drug-likeness (QED) is 0.922. The molecule has 0 spiro atoms. The van der Waals surface area contributed by atoms with E-state index in [9.17, 15) is 8.42 Å². The highest BCUT2D eigenvalue weighted by molar-refractivity contribution is 7.90. The first-order valence-electron chi connectivity index (χ1n) is 7.07. The highest BCUT2D eigenvalue weighted by Gasteiger charge is 2.35. The second-order valence-electron chi connectivity index (χ2n) is 5.70. The van der Waals surface area contributed by atoms with E-state index in [2.05, 4.69) is 0 Å². The van der Waals surface area contributed by atoms with Crippen LogP contribution in [0.5, 0.6) is 11.5 Å². The first kappa shape index (κ1) is 16.1. The Labute approximate surface area is 126 Å². The van der Waals surface area contributed by atoms with Crippen LogP contribution in [0.2, 0.25) is 0 Å². The van der Waals surface area contributed by atoms with Crippen LogP contribution in [0.1, 0.15) is 37.7 Å². The van der Waals surface area contributed by atoms with Gasteiger partial charge in [-0.15, -0.1) is 0 Å². The van der Waals surface area contributed by atoms with Gasteiger partial charge in [0.2, 0.25) is 0 Å². The van der Waals surface area contributed by atoms with E-state index in [-0.39, 0.29) is 4.90 Å². The van der Waals surface area contributed by atoms with Gasteiger partial charge in [-0.1, -0.05) is 19.3 Å². The summed E-state index contributed by atoms with van der Waals surface area (Å²) in [5.41, 5.74) is 6.73. The molecule has 0 aliphatic heterocycles. The number of hydrogen-bond donors (Lipinski definition) is 1. The third-order valence-corrected chi connectivity index (χ3v) is 5.25. The highest BCUT2D eigenvalue weighted by Crippen LogP contribution is 2.43. The number of benzene rings is 1. The van der Waals surface area contributed by atoms with Gasteiger partial charge in [-0.05, 0) is 18.9 Å². The Balaban J connectivity index is 2.69. The number of hydrogen-bond acceptors (Lipinski definition) is 5. The fraction of sp³-hybridized carbons (Fsp3) is 0.600. The topological polar surface area (TPSA) is 78.6 Å². The van der Waals surface area contributed by atoms with E-state index < -0.39 is 15.4 Å². The molecule has 1 aliphatic rings. The summed E-state index contributed by atoms with van der Waals surface area (Å²) in [5.74, 6) is 0.837. The van der Waals surface area contributed by atoms with Gasteiger partial charge in [0.1, 0.15) is 16.4 Å². The van der Waals surface area contributed by atoms with E-state index in [0.29, 0.717) is 11.5 Å². The maximum Gasteiger partial charge on any atom is 0.179 e. The predicted octanol–water partition coefficient (Wildman–Crippen LogP) is 2.23. The molecule has 0 bridgehead atoms. The fourth-order valence-electron chi connectivity index (χ4n) is 3.00. The summed E-state index contributed by atoms with van der Waals surface area (Å²) >= 11 is 0. The molecule has 118 valence electrons. The minimum absolute atomic E-state index is 0.134. The third kappa shape index (κ3) is 3.16. The zero-order chi connectivity index (χ0) is 15.7. The van der Waals surface area contributed by atoms with Crippen LogP contribution in [0.4, 0.5) is 0 Å². The zero-order valence-corrected chi connectivity index (χ0v) is 13.6.